The fourth-order valence-corrected chi connectivity index (χ4v) is 1.84. The average molecular weight is 238 g/mol. The van der Waals surface area contributed by atoms with E-state index >= 15 is 0 Å². The summed E-state index contributed by atoms with van der Waals surface area (Å²) in [4.78, 5) is 2.13. The van der Waals surface area contributed by atoms with E-state index in [1.54, 1.807) is 0 Å². The predicted molar refractivity (Wildman–Crippen MR) is 72.0 cm³/mol. The lowest BCUT2D eigenvalue weighted by atomic mass is 10.2. The van der Waals surface area contributed by atoms with Crippen molar-refractivity contribution in [1.82, 2.24) is 5.32 Å². The summed E-state index contributed by atoms with van der Waals surface area (Å²) in [5, 5.41) is 3.52. The first-order valence-corrected chi connectivity index (χ1v) is 6.37. The summed E-state index contributed by atoms with van der Waals surface area (Å²) >= 11 is 0. The van der Waals surface area contributed by atoms with Gasteiger partial charge in [0, 0.05) is 31.9 Å². The Morgan fingerprint density at radius 1 is 1.18 bits per heavy atom. The van der Waals surface area contributed by atoms with Crippen molar-refractivity contribution in [3.8, 4) is 0 Å². The standard InChI is InChI=1S/C14H23FN2/c1-4-13(5-2)16-10-11-17(3)14-8-6-12(15)7-9-14/h6-9,13,16H,4-5,10-11H2,1-3H3. The molecule has 1 aromatic rings. The van der Waals surface area contributed by atoms with Gasteiger partial charge in [-0.2, -0.15) is 0 Å². The molecule has 0 spiro atoms. The summed E-state index contributed by atoms with van der Waals surface area (Å²) in [6.45, 7) is 6.29. The maximum atomic E-state index is 12.8. The second kappa shape index (κ2) is 7.28. The van der Waals surface area contributed by atoms with E-state index in [0.717, 1.165) is 31.6 Å². The summed E-state index contributed by atoms with van der Waals surface area (Å²) in [6, 6.07) is 7.23. The molecule has 0 saturated carbocycles. The van der Waals surface area contributed by atoms with E-state index in [1.165, 1.54) is 12.1 Å². The van der Waals surface area contributed by atoms with Crippen molar-refractivity contribution in [3.05, 3.63) is 30.1 Å². The molecule has 0 heterocycles. The van der Waals surface area contributed by atoms with Crippen molar-refractivity contribution < 1.29 is 4.39 Å². The van der Waals surface area contributed by atoms with Crippen LogP contribution in [0.5, 0.6) is 0 Å². The first kappa shape index (κ1) is 14.0. The minimum Gasteiger partial charge on any atom is -0.373 e. The number of rotatable bonds is 7. The fourth-order valence-electron chi connectivity index (χ4n) is 1.84. The van der Waals surface area contributed by atoms with Crippen LogP contribution in [0.25, 0.3) is 0 Å². The Balaban J connectivity index is 2.34. The Morgan fingerprint density at radius 2 is 1.76 bits per heavy atom. The van der Waals surface area contributed by atoms with E-state index in [0.29, 0.717) is 6.04 Å². The number of likely N-dealkylation sites (N-methyl/N-ethyl adjacent to an activating group) is 1. The molecule has 0 aliphatic heterocycles. The zero-order chi connectivity index (χ0) is 12.7. The van der Waals surface area contributed by atoms with Gasteiger partial charge in [-0.25, -0.2) is 4.39 Å². The van der Waals surface area contributed by atoms with Gasteiger partial charge in [0.15, 0.2) is 0 Å². The number of hydrogen-bond donors (Lipinski definition) is 1. The summed E-state index contributed by atoms with van der Waals surface area (Å²) in [5.41, 5.74) is 1.05. The topological polar surface area (TPSA) is 15.3 Å². The Labute approximate surface area is 104 Å². The van der Waals surface area contributed by atoms with Gasteiger partial charge in [0.2, 0.25) is 0 Å². The Morgan fingerprint density at radius 3 is 2.29 bits per heavy atom. The summed E-state index contributed by atoms with van der Waals surface area (Å²) in [6.07, 6.45) is 2.33. The largest absolute Gasteiger partial charge is 0.373 e. The molecule has 0 atom stereocenters. The van der Waals surface area contributed by atoms with Crippen LogP contribution in [0.1, 0.15) is 26.7 Å². The van der Waals surface area contributed by atoms with Gasteiger partial charge in [0.05, 0.1) is 0 Å². The first-order valence-electron chi connectivity index (χ1n) is 6.37. The van der Waals surface area contributed by atoms with Crippen molar-refractivity contribution in [2.75, 3.05) is 25.0 Å². The van der Waals surface area contributed by atoms with Crippen molar-refractivity contribution >= 4 is 5.69 Å². The van der Waals surface area contributed by atoms with E-state index in [2.05, 4.69) is 24.1 Å². The average Bonchev–Trinajstić information content (AvgIpc) is 2.35. The van der Waals surface area contributed by atoms with Crippen LogP contribution < -0.4 is 10.2 Å². The SMILES string of the molecule is CCC(CC)NCCN(C)c1ccc(F)cc1. The maximum Gasteiger partial charge on any atom is 0.123 e. The molecule has 1 N–H and O–H groups in total. The highest BCUT2D eigenvalue weighted by atomic mass is 19.1. The van der Waals surface area contributed by atoms with E-state index in [1.807, 2.05) is 19.2 Å². The Kier molecular flexibility index (Phi) is 5.98. The van der Waals surface area contributed by atoms with Crippen LogP contribution in [0.15, 0.2) is 24.3 Å². The van der Waals surface area contributed by atoms with Gasteiger partial charge in [0.1, 0.15) is 5.82 Å². The molecule has 0 radical (unpaired) electrons. The van der Waals surface area contributed by atoms with Crippen LogP contribution in [0.4, 0.5) is 10.1 Å². The quantitative estimate of drug-likeness (QED) is 0.785. The predicted octanol–water partition coefficient (Wildman–Crippen LogP) is 3.04. The van der Waals surface area contributed by atoms with Gasteiger partial charge in [-0.05, 0) is 37.1 Å². The Hall–Kier alpha value is -1.09. The van der Waals surface area contributed by atoms with Crippen LogP contribution in [0, 0.1) is 5.82 Å². The van der Waals surface area contributed by atoms with Crippen LogP contribution in [-0.2, 0) is 0 Å². The molecule has 0 amide bonds. The normalized spacial score (nSPS) is 10.9. The number of nitrogens with zero attached hydrogens (tertiary/aromatic N) is 1. The van der Waals surface area contributed by atoms with Gasteiger partial charge >= 0.3 is 0 Å². The summed E-state index contributed by atoms with van der Waals surface area (Å²) in [5.74, 6) is -0.183. The maximum absolute atomic E-state index is 12.8. The van der Waals surface area contributed by atoms with E-state index in [9.17, 15) is 4.39 Å². The third-order valence-corrected chi connectivity index (χ3v) is 3.13. The zero-order valence-electron chi connectivity index (χ0n) is 11.0. The zero-order valence-corrected chi connectivity index (χ0v) is 11.0. The van der Waals surface area contributed by atoms with Gasteiger partial charge in [-0.15, -0.1) is 0 Å². The lowest BCUT2D eigenvalue weighted by Crippen LogP contribution is -2.35. The van der Waals surface area contributed by atoms with Crippen molar-refractivity contribution in [1.29, 1.82) is 0 Å². The van der Waals surface area contributed by atoms with E-state index in [4.69, 9.17) is 0 Å². The molecule has 0 fully saturated rings. The molecule has 17 heavy (non-hydrogen) atoms. The van der Waals surface area contributed by atoms with Crippen molar-refractivity contribution in [2.45, 2.75) is 32.7 Å². The van der Waals surface area contributed by atoms with Gasteiger partial charge < -0.3 is 10.2 Å². The molecule has 96 valence electrons. The van der Waals surface area contributed by atoms with Gasteiger partial charge in [-0.3, -0.25) is 0 Å². The highest BCUT2D eigenvalue weighted by molar-refractivity contribution is 5.45. The number of halogens is 1. The number of hydrogen-bond acceptors (Lipinski definition) is 2. The molecule has 0 aliphatic rings. The van der Waals surface area contributed by atoms with E-state index in [-0.39, 0.29) is 5.82 Å². The molecule has 0 aliphatic carbocycles. The molecule has 1 aromatic carbocycles. The lowest BCUT2D eigenvalue weighted by molar-refractivity contribution is 0.489. The molecule has 0 aromatic heterocycles. The van der Waals surface area contributed by atoms with Crippen LogP contribution in [0.2, 0.25) is 0 Å². The van der Waals surface area contributed by atoms with Gasteiger partial charge in [-0.1, -0.05) is 13.8 Å². The molecular formula is C14H23FN2. The minimum atomic E-state index is -0.183. The highest BCUT2D eigenvalue weighted by Gasteiger charge is 2.04. The molecular weight excluding hydrogens is 215 g/mol. The first-order chi connectivity index (χ1) is 8.17. The highest BCUT2D eigenvalue weighted by Crippen LogP contribution is 2.12. The molecule has 3 heteroatoms. The van der Waals surface area contributed by atoms with Crippen molar-refractivity contribution in [2.24, 2.45) is 0 Å². The Bertz CT molecular complexity index is 307. The van der Waals surface area contributed by atoms with Crippen LogP contribution in [-0.4, -0.2) is 26.2 Å². The lowest BCUT2D eigenvalue weighted by Gasteiger charge is -2.21. The van der Waals surface area contributed by atoms with Crippen LogP contribution in [0.3, 0.4) is 0 Å². The minimum absolute atomic E-state index is 0.183. The summed E-state index contributed by atoms with van der Waals surface area (Å²) < 4.78 is 12.8. The molecule has 0 saturated heterocycles. The van der Waals surface area contributed by atoms with Crippen molar-refractivity contribution in [3.63, 3.8) is 0 Å². The molecule has 0 unspecified atom stereocenters. The number of anilines is 1. The van der Waals surface area contributed by atoms with E-state index < -0.39 is 0 Å². The number of nitrogens with one attached hydrogen (secondary N) is 1. The smallest absolute Gasteiger partial charge is 0.123 e. The second-order valence-electron chi connectivity index (χ2n) is 4.37. The fraction of sp³-hybridized carbons (Fsp3) is 0.571. The third-order valence-electron chi connectivity index (χ3n) is 3.13. The second-order valence-corrected chi connectivity index (χ2v) is 4.37. The van der Waals surface area contributed by atoms with Crippen LogP contribution >= 0.6 is 0 Å². The molecule has 2 nitrogen and oxygen atoms in total. The molecule has 0 bridgehead atoms. The monoisotopic (exact) mass is 238 g/mol. The van der Waals surface area contributed by atoms with Gasteiger partial charge in [0.25, 0.3) is 0 Å². The third kappa shape index (κ3) is 4.73. The number of benzene rings is 1. The molecule has 1 rings (SSSR count). The summed E-state index contributed by atoms with van der Waals surface area (Å²) in [7, 11) is 2.03.